The van der Waals surface area contributed by atoms with Crippen LogP contribution < -0.4 is 0 Å². The lowest BCUT2D eigenvalue weighted by molar-refractivity contribution is -0.170. The first kappa shape index (κ1) is 26.2. The minimum Gasteiger partial charge on any atom is -0.493 e. The lowest BCUT2D eigenvalue weighted by Crippen LogP contribution is -2.62. The molecule has 2 bridgehead atoms. The Labute approximate surface area is 230 Å². The summed E-state index contributed by atoms with van der Waals surface area (Å²) in [4.78, 5) is 5.79. The predicted octanol–water partition coefficient (Wildman–Crippen LogP) is 4.90. The van der Waals surface area contributed by atoms with Crippen LogP contribution in [0.2, 0.25) is 0 Å². The number of rotatable bonds is 2. The topological polar surface area (TPSA) is 86.1 Å². The molecule has 9 heteroatoms. The maximum atomic E-state index is 14.9. The van der Waals surface area contributed by atoms with Gasteiger partial charge in [0.05, 0.1) is 17.3 Å². The van der Waals surface area contributed by atoms with Crippen LogP contribution in [0.15, 0.2) is 59.3 Å². The van der Waals surface area contributed by atoms with Crippen LogP contribution in [-0.4, -0.2) is 74.9 Å². The molecule has 5 aliphatic rings. The summed E-state index contributed by atoms with van der Waals surface area (Å²) in [6.45, 7) is 1.93. The number of hydrogen-bond acceptors (Lipinski definition) is 6. The zero-order valence-corrected chi connectivity index (χ0v) is 22.7. The van der Waals surface area contributed by atoms with E-state index in [0.29, 0.717) is 36.6 Å². The molecule has 40 heavy (non-hydrogen) atoms. The van der Waals surface area contributed by atoms with E-state index in [1.807, 2.05) is 38.1 Å². The number of aliphatic hydroxyl groups is 2. The second-order valence-electron chi connectivity index (χ2n) is 12.7. The summed E-state index contributed by atoms with van der Waals surface area (Å²) >= 11 is 0. The summed E-state index contributed by atoms with van der Waals surface area (Å²) in [6, 6.07) is 6.93. The minimum absolute atomic E-state index is 0.0812. The Morgan fingerprint density at radius 2 is 1.90 bits per heavy atom. The van der Waals surface area contributed by atoms with Crippen molar-refractivity contribution in [3.05, 3.63) is 64.9 Å². The monoisotopic (exact) mass is 554 g/mol. The zero-order chi connectivity index (χ0) is 28.4. The average molecular weight is 555 g/mol. The van der Waals surface area contributed by atoms with Gasteiger partial charge in [0.15, 0.2) is 0 Å². The molecule has 3 heterocycles. The molecule has 7 rings (SSSR count). The van der Waals surface area contributed by atoms with Crippen molar-refractivity contribution in [2.45, 2.75) is 74.7 Å². The van der Waals surface area contributed by atoms with Gasteiger partial charge in [-0.05, 0) is 92.1 Å². The molecule has 2 aliphatic heterocycles. The number of ether oxygens (including phenoxy) is 1. The van der Waals surface area contributed by atoms with Gasteiger partial charge in [0, 0.05) is 34.5 Å². The average Bonchev–Trinajstić information content (AvgIpc) is 3.40. The van der Waals surface area contributed by atoms with E-state index >= 15 is 0 Å². The maximum Gasteiger partial charge on any atom is 0.413 e. The standard InChI is InChI=1S/C31H33F3N2O4/c1-28-14-22(31(32,33)34)20-13-21-25(37)26(38)23(36(2)3)15-29(21)9-10-30(20,40-29)24(28)7-6-19(28)17-4-5-18-16(12-17)8-11-35-27(18)39/h4-6,8,11-13,23-26,37-38H,7,9-10,14-15H2,1-3H3,(H,35,39)/t23-,24?,25+,26+,28+,29+,30+/m0/s1. The summed E-state index contributed by atoms with van der Waals surface area (Å²) in [6.07, 6.45) is -0.191. The molecule has 0 radical (unpaired) electrons. The van der Waals surface area contributed by atoms with Crippen molar-refractivity contribution in [3.63, 3.8) is 0 Å². The lowest BCUT2D eigenvalue weighted by atomic mass is 9.56. The molecule has 6 nitrogen and oxygen atoms in total. The highest BCUT2D eigenvalue weighted by atomic mass is 19.4. The zero-order valence-electron chi connectivity index (χ0n) is 22.7. The van der Waals surface area contributed by atoms with Crippen molar-refractivity contribution in [3.8, 4) is 5.88 Å². The highest BCUT2D eigenvalue weighted by Crippen LogP contribution is 2.70. The van der Waals surface area contributed by atoms with Gasteiger partial charge in [0.2, 0.25) is 5.88 Å². The Balaban J connectivity index is 1.39. The molecular formula is C31H33F3N2O4. The summed E-state index contributed by atoms with van der Waals surface area (Å²) in [5.41, 5.74) is -1.32. The largest absolute Gasteiger partial charge is 0.493 e. The molecule has 212 valence electrons. The minimum atomic E-state index is -4.59. The van der Waals surface area contributed by atoms with Gasteiger partial charge in [0.1, 0.15) is 6.10 Å². The van der Waals surface area contributed by atoms with Crippen molar-refractivity contribution in [1.82, 2.24) is 9.88 Å². The summed E-state index contributed by atoms with van der Waals surface area (Å²) in [7, 11) is 3.66. The molecule has 7 atom stereocenters. The number of aliphatic hydroxyl groups excluding tert-OH is 2. The van der Waals surface area contributed by atoms with Crippen LogP contribution in [0.25, 0.3) is 16.3 Å². The normalized spacial score (nSPS) is 38.7. The van der Waals surface area contributed by atoms with Crippen molar-refractivity contribution in [2.75, 3.05) is 14.1 Å². The fraction of sp³-hybridized carbons (Fsp3) is 0.516. The quantitative estimate of drug-likeness (QED) is 0.490. The summed E-state index contributed by atoms with van der Waals surface area (Å²) < 4.78 is 51.6. The van der Waals surface area contributed by atoms with Crippen LogP contribution in [0.3, 0.4) is 0 Å². The highest BCUT2D eigenvalue weighted by Gasteiger charge is 2.69. The van der Waals surface area contributed by atoms with E-state index in [1.165, 1.54) is 6.20 Å². The number of halogens is 3. The molecule has 3 N–H and O–H groups in total. The van der Waals surface area contributed by atoms with Crippen molar-refractivity contribution >= 4 is 16.3 Å². The Morgan fingerprint density at radius 1 is 1.12 bits per heavy atom. The first-order valence-electron chi connectivity index (χ1n) is 13.9. The van der Waals surface area contributed by atoms with Gasteiger partial charge in [-0.3, -0.25) is 0 Å². The van der Waals surface area contributed by atoms with E-state index in [1.54, 1.807) is 18.2 Å². The number of alkyl halides is 3. The molecule has 3 aliphatic carbocycles. The summed E-state index contributed by atoms with van der Waals surface area (Å²) in [5.74, 6) is -0.307. The molecule has 1 unspecified atom stereocenters. The smallest absolute Gasteiger partial charge is 0.413 e. The molecule has 1 saturated heterocycles. The number of aromatic hydroxyl groups is 1. The molecule has 0 amide bonds. The van der Waals surface area contributed by atoms with E-state index < -0.39 is 40.6 Å². The number of fused-ring (bicyclic) bond motifs is 2. The van der Waals surface area contributed by atoms with E-state index in [0.717, 1.165) is 16.5 Å². The van der Waals surface area contributed by atoms with Crippen molar-refractivity contribution in [1.29, 1.82) is 0 Å². The van der Waals surface area contributed by atoms with Gasteiger partial charge >= 0.3 is 6.18 Å². The fourth-order valence-corrected chi connectivity index (χ4v) is 8.71. The van der Waals surface area contributed by atoms with Crippen LogP contribution in [-0.2, 0) is 4.74 Å². The maximum absolute atomic E-state index is 14.9. The Morgan fingerprint density at radius 3 is 2.62 bits per heavy atom. The number of allylic oxidation sites excluding steroid dienone is 3. The molecule has 1 saturated carbocycles. The lowest BCUT2D eigenvalue weighted by Gasteiger charge is -2.57. The summed E-state index contributed by atoms with van der Waals surface area (Å²) in [5, 5.41) is 33.6. The van der Waals surface area contributed by atoms with Crippen molar-refractivity contribution < 1.29 is 33.2 Å². The first-order chi connectivity index (χ1) is 18.8. The Kier molecular flexibility index (Phi) is 5.36. The van der Waals surface area contributed by atoms with E-state index in [4.69, 9.17) is 4.74 Å². The van der Waals surface area contributed by atoms with Gasteiger partial charge in [-0.2, -0.15) is 13.2 Å². The number of pyridine rings is 1. The third-order valence-corrected chi connectivity index (χ3v) is 10.6. The van der Waals surface area contributed by atoms with E-state index in [2.05, 4.69) is 11.1 Å². The SMILES string of the molecule is CN(C)[C@H]1C[C@@]23CC[C@@]4(O2)C(=C(C(F)(F)F)C[C@]2(C)C(c5ccc6c(O)nccc6c5)=CCC24)C=C3[C@@H](O)[C@@H]1O. The second-order valence-corrected chi connectivity index (χ2v) is 12.7. The molecule has 2 aromatic rings. The van der Waals surface area contributed by atoms with Crippen LogP contribution in [0.5, 0.6) is 5.88 Å². The van der Waals surface area contributed by atoms with Crippen LogP contribution in [0.1, 0.15) is 44.6 Å². The van der Waals surface area contributed by atoms with Gasteiger partial charge in [-0.15, -0.1) is 0 Å². The van der Waals surface area contributed by atoms with Crippen LogP contribution >= 0.6 is 0 Å². The fourth-order valence-electron chi connectivity index (χ4n) is 8.71. The van der Waals surface area contributed by atoms with E-state index in [9.17, 15) is 28.5 Å². The predicted molar refractivity (Wildman–Crippen MR) is 143 cm³/mol. The third-order valence-electron chi connectivity index (χ3n) is 10.6. The van der Waals surface area contributed by atoms with Gasteiger partial charge in [-0.25, -0.2) is 4.98 Å². The molecule has 1 aromatic carbocycles. The van der Waals surface area contributed by atoms with E-state index in [-0.39, 0.29) is 29.8 Å². The van der Waals surface area contributed by atoms with Gasteiger partial charge < -0.3 is 25.0 Å². The Hall–Kier alpha value is -2.72. The number of nitrogens with zero attached hydrogens (tertiary/aromatic N) is 2. The number of likely N-dealkylation sites (N-methyl/N-ethyl adjacent to an activating group) is 1. The second kappa shape index (κ2) is 8.18. The molecular weight excluding hydrogens is 521 g/mol. The first-order valence-corrected chi connectivity index (χ1v) is 13.9. The van der Waals surface area contributed by atoms with Gasteiger partial charge in [0.25, 0.3) is 0 Å². The van der Waals surface area contributed by atoms with Crippen LogP contribution in [0, 0.1) is 11.3 Å². The van der Waals surface area contributed by atoms with Crippen molar-refractivity contribution in [2.24, 2.45) is 11.3 Å². The van der Waals surface area contributed by atoms with Crippen LogP contribution in [0.4, 0.5) is 13.2 Å². The molecule has 2 fully saturated rings. The highest BCUT2D eigenvalue weighted by molar-refractivity contribution is 5.90. The number of benzene rings is 1. The molecule has 1 aromatic heterocycles. The Bertz CT molecular complexity index is 1530. The number of hydrogen-bond donors (Lipinski definition) is 3. The third kappa shape index (κ3) is 3.29. The molecule has 2 spiro atoms. The number of aromatic nitrogens is 1. The van der Waals surface area contributed by atoms with Gasteiger partial charge in [-0.1, -0.05) is 25.1 Å².